The maximum Gasteiger partial charge on any atom is 0.254 e. The number of rotatable bonds is 6. The molecule has 1 aliphatic heterocycles. The third-order valence-corrected chi connectivity index (χ3v) is 6.22. The number of benzene rings is 2. The van der Waals surface area contributed by atoms with Crippen LogP contribution in [0.2, 0.25) is 0 Å². The first kappa shape index (κ1) is 18.6. The van der Waals surface area contributed by atoms with Gasteiger partial charge >= 0.3 is 0 Å². The predicted molar refractivity (Wildman–Crippen MR) is 102 cm³/mol. The van der Waals surface area contributed by atoms with Crippen molar-refractivity contribution < 1.29 is 13.2 Å². The zero-order valence-corrected chi connectivity index (χ0v) is 15.7. The van der Waals surface area contributed by atoms with Crippen molar-refractivity contribution in [2.24, 2.45) is 0 Å². The number of nitrogens with zero attached hydrogens (tertiary/aromatic N) is 1. The van der Waals surface area contributed by atoms with E-state index >= 15 is 0 Å². The normalized spacial score (nSPS) is 17.4. The molecular weight excluding hydrogens is 348 g/mol. The molecule has 0 spiro atoms. The van der Waals surface area contributed by atoms with Gasteiger partial charge in [-0.15, -0.1) is 0 Å². The van der Waals surface area contributed by atoms with E-state index in [2.05, 4.69) is 16.9 Å². The maximum atomic E-state index is 13.0. The van der Waals surface area contributed by atoms with Crippen LogP contribution in [0.5, 0.6) is 0 Å². The lowest BCUT2D eigenvalue weighted by molar-refractivity contribution is 0.0736. The fourth-order valence-corrected chi connectivity index (χ4v) is 4.52. The molecule has 1 N–H and O–H groups in total. The van der Waals surface area contributed by atoms with Gasteiger partial charge in [-0.1, -0.05) is 43.3 Å². The molecule has 1 atom stereocenters. The zero-order chi connectivity index (χ0) is 18.6. The third-order valence-electron chi connectivity index (χ3n) is 4.68. The summed E-state index contributed by atoms with van der Waals surface area (Å²) in [5.41, 5.74) is 1.63. The van der Waals surface area contributed by atoms with Crippen LogP contribution in [0.25, 0.3) is 0 Å². The quantitative estimate of drug-likeness (QED) is 0.848. The Bertz CT molecular complexity index is 866. The van der Waals surface area contributed by atoms with Crippen LogP contribution in [-0.2, 0) is 16.4 Å². The highest BCUT2D eigenvalue weighted by atomic mass is 32.2. The van der Waals surface area contributed by atoms with Gasteiger partial charge in [0.25, 0.3) is 5.91 Å². The van der Waals surface area contributed by atoms with Gasteiger partial charge in [0.2, 0.25) is 10.0 Å². The first-order chi connectivity index (χ1) is 12.5. The lowest BCUT2D eigenvalue weighted by Gasteiger charge is -2.25. The minimum atomic E-state index is -3.57. The summed E-state index contributed by atoms with van der Waals surface area (Å²) >= 11 is 0. The molecule has 1 amide bonds. The highest BCUT2D eigenvalue weighted by molar-refractivity contribution is 7.89. The van der Waals surface area contributed by atoms with E-state index in [9.17, 15) is 13.2 Å². The van der Waals surface area contributed by atoms with Crippen molar-refractivity contribution in [2.45, 2.75) is 37.1 Å². The Morgan fingerprint density at radius 1 is 1.15 bits per heavy atom. The predicted octanol–water partition coefficient (Wildman–Crippen LogP) is 2.83. The summed E-state index contributed by atoms with van der Waals surface area (Å²) < 4.78 is 26.9. The first-order valence-corrected chi connectivity index (χ1v) is 10.4. The zero-order valence-electron chi connectivity index (χ0n) is 14.9. The molecule has 1 heterocycles. The van der Waals surface area contributed by atoms with E-state index in [0.29, 0.717) is 18.7 Å². The molecular formula is C20H24N2O3S. The molecule has 3 rings (SSSR count). The fraction of sp³-hybridized carbons (Fsp3) is 0.350. The Morgan fingerprint density at radius 3 is 2.65 bits per heavy atom. The van der Waals surface area contributed by atoms with Crippen LogP contribution in [0.4, 0.5) is 0 Å². The van der Waals surface area contributed by atoms with Gasteiger partial charge in [-0.3, -0.25) is 4.79 Å². The van der Waals surface area contributed by atoms with Gasteiger partial charge in [0.15, 0.2) is 0 Å². The summed E-state index contributed by atoms with van der Waals surface area (Å²) in [6, 6.07) is 16.6. The lowest BCUT2D eigenvalue weighted by Crippen LogP contribution is -2.37. The molecule has 1 saturated heterocycles. The second-order valence-electron chi connectivity index (χ2n) is 6.51. The Balaban J connectivity index is 1.80. The summed E-state index contributed by atoms with van der Waals surface area (Å²) in [5, 5.41) is 0. The van der Waals surface area contributed by atoms with Gasteiger partial charge in [0, 0.05) is 24.7 Å². The number of hydrogen-bond acceptors (Lipinski definition) is 3. The largest absolute Gasteiger partial charge is 0.335 e. The number of sulfonamides is 1. The van der Waals surface area contributed by atoms with Crippen LogP contribution < -0.4 is 4.72 Å². The standard InChI is InChI=1S/C20H24N2O3S/c1-2-21-26(24,25)19-12-6-10-17(15-19)20(23)22-13-7-11-18(22)14-16-8-4-3-5-9-16/h3-6,8-10,12,15,18,21H,2,7,11,13-14H2,1H3. The van der Waals surface area contributed by atoms with Crippen molar-refractivity contribution in [3.8, 4) is 0 Å². The second-order valence-corrected chi connectivity index (χ2v) is 8.28. The van der Waals surface area contributed by atoms with E-state index < -0.39 is 10.0 Å². The molecule has 1 unspecified atom stereocenters. The fourth-order valence-electron chi connectivity index (χ4n) is 3.44. The summed E-state index contributed by atoms with van der Waals surface area (Å²) in [6.07, 6.45) is 2.76. The third kappa shape index (κ3) is 4.14. The van der Waals surface area contributed by atoms with Gasteiger partial charge in [0.1, 0.15) is 0 Å². The Morgan fingerprint density at radius 2 is 1.92 bits per heavy atom. The number of likely N-dealkylation sites (tertiary alicyclic amines) is 1. The number of nitrogens with one attached hydrogen (secondary N) is 1. The van der Waals surface area contributed by atoms with Gasteiger partial charge < -0.3 is 4.90 Å². The summed E-state index contributed by atoms with van der Waals surface area (Å²) in [7, 11) is -3.57. The van der Waals surface area contributed by atoms with E-state index in [0.717, 1.165) is 19.3 Å². The molecule has 138 valence electrons. The molecule has 5 nitrogen and oxygen atoms in total. The molecule has 0 bridgehead atoms. The highest BCUT2D eigenvalue weighted by Crippen LogP contribution is 2.24. The van der Waals surface area contributed by atoms with E-state index in [-0.39, 0.29) is 16.8 Å². The minimum absolute atomic E-state index is 0.100. The average Bonchev–Trinajstić information content (AvgIpc) is 3.10. The monoisotopic (exact) mass is 372 g/mol. The molecule has 0 aliphatic carbocycles. The Hall–Kier alpha value is -2.18. The molecule has 1 aliphatic rings. The number of carbonyl (C=O) groups excluding carboxylic acids is 1. The van der Waals surface area contributed by atoms with Gasteiger partial charge in [-0.2, -0.15) is 0 Å². The molecule has 6 heteroatoms. The Kier molecular flexibility index (Phi) is 5.74. The second kappa shape index (κ2) is 8.01. The molecule has 26 heavy (non-hydrogen) atoms. The number of hydrogen-bond donors (Lipinski definition) is 1. The minimum Gasteiger partial charge on any atom is -0.335 e. The SMILES string of the molecule is CCNS(=O)(=O)c1cccc(C(=O)N2CCCC2Cc2ccccc2)c1. The number of carbonyl (C=O) groups is 1. The van der Waals surface area contributed by atoms with Crippen molar-refractivity contribution in [2.75, 3.05) is 13.1 Å². The average molecular weight is 372 g/mol. The van der Waals surface area contributed by atoms with Crippen molar-refractivity contribution in [3.05, 3.63) is 65.7 Å². The highest BCUT2D eigenvalue weighted by Gasteiger charge is 2.30. The molecule has 0 saturated carbocycles. The van der Waals surface area contributed by atoms with Crippen LogP contribution in [0.15, 0.2) is 59.5 Å². The smallest absolute Gasteiger partial charge is 0.254 e. The van der Waals surface area contributed by atoms with Crippen LogP contribution in [0.1, 0.15) is 35.7 Å². The molecule has 0 aromatic heterocycles. The van der Waals surface area contributed by atoms with Crippen molar-refractivity contribution in [3.63, 3.8) is 0 Å². The number of amides is 1. The van der Waals surface area contributed by atoms with Crippen molar-refractivity contribution >= 4 is 15.9 Å². The molecule has 1 fully saturated rings. The van der Waals surface area contributed by atoms with Crippen LogP contribution >= 0.6 is 0 Å². The topological polar surface area (TPSA) is 66.5 Å². The van der Waals surface area contributed by atoms with E-state index in [1.807, 2.05) is 23.1 Å². The van der Waals surface area contributed by atoms with E-state index in [4.69, 9.17) is 0 Å². The first-order valence-electron chi connectivity index (χ1n) is 8.96. The Labute approximate surface area is 155 Å². The molecule has 0 radical (unpaired) electrons. The van der Waals surface area contributed by atoms with E-state index in [1.165, 1.54) is 17.7 Å². The van der Waals surface area contributed by atoms with Crippen LogP contribution in [0, 0.1) is 0 Å². The van der Waals surface area contributed by atoms with Gasteiger partial charge in [-0.05, 0) is 43.0 Å². The summed E-state index contributed by atoms with van der Waals surface area (Å²) in [4.78, 5) is 15.0. The van der Waals surface area contributed by atoms with Crippen LogP contribution in [0.3, 0.4) is 0 Å². The summed E-state index contributed by atoms with van der Waals surface area (Å²) in [5.74, 6) is -0.100. The molecule has 2 aromatic carbocycles. The van der Waals surface area contributed by atoms with Gasteiger partial charge in [-0.25, -0.2) is 13.1 Å². The maximum absolute atomic E-state index is 13.0. The molecule has 2 aromatic rings. The van der Waals surface area contributed by atoms with Crippen LogP contribution in [-0.4, -0.2) is 38.4 Å². The van der Waals surface area contributed by atoms with Gasteiger partial charge in [0.05, 0.1) is 4.90 Å². The lowest BCUT2D eigenvalue weighted by atomic mass is 10.0. The van der Waals surface area contributed by atoms with Crippen molar-refractivity contribution in [1.82, 2.24) is 9.62 Å². The summed E-state index contributed by atoms with van der Waals surface area (Å²) in [6.45, 7) is 2.75. The van der Waals surface area contributed by atoms with E-state index in [1.54, 1.807) is 19.1 Å². The van der Waals surface area contributed by atoms with Crippen molar-refractivity contribution in [1.29, 1.82) is 0 Å².